The van der Waals surface area contributed by atoms with Crippen LogP contribution >= 0.6 is 0 Å². The summed E-state index contributed by atoms with van der Waals surface area (Å²) in [5.74, 6) is 1.27. The fourth-order valence-corrected chi connectivity index (χ4v) is 2.79. The summed E-state index contributed by atoms with van der Waals surface area (Å²) in [6.07, 6.45) is 2.70. The van der Waals surface area contributed by atoms with E-state index in [4.69, 9.17) is 9.47 Å². The van der Waals surface area contributed by atoms with Crippen molar-refractivity contribution >= 4 is 5.91 Å². The van der Waals surface area contributed by atoms with E-state index in [-0.39, 0.29) is 30.0 Å². The van der Waals surface area contributed by atoms with E-state index in [1.165, 1.54) is 14.2 Å². The number of ether oxygens (including phenoxy) is 2. The first-order chi connectivity index (χ1) is 14.6. The normalized spacial score (nSPS) is 10.5. The molecule has 0 spiro atoms. The number of amides is 1. The number of methoxy groups -OCH3 is 2. The van der Waals surface area contributed by atoms with Crippen molar-refractivity contribution in [3.8, 4) is 22.9 Å². The van der Waals surface area contributed by atoms with Crippen molar-refractivity contribution in [1.29, 1.82) is 0 Å². The molecule has 0 saturated carbocycles. The second kappa shape index (κ2) is 10.1. The average molecular weight is 409 g/mol. The van der Waals surface area contributed by atoms with E-state index in [0.29, 0.717) is 35.9 Å². The van der Waals surface area contributed by atoms with E-state index in [1.807, 2.05) is 18.2 Å². The topological polar surface area (TPSA) is 119 Å². The van der Waals surface area contributed by atoms with Crippen molar-refractivity contribution in [2.45, 2.75) is 19.3 Å². The number of aromatic amines is 1. The number of nitrogens with one attached hydrogen (secondary N) is 2. The van der Waals surface area contributed by atoms with Crippen LogP contribution in [0, 0.1) is 0 Å². The highest BCUT2D eigenvalue weighted by molar-refractivity contribution is 5.76. The third-order valence-electron chi connectivity index (χ3n) is 4.41. The maximum atomic E-state index is 12.4. The zero-order valence-corrected chi connectivity index (χ0v) is 16.8. The van der Waals surface area contributed by atoms with Gasteiger partial charge in [0.2, 0.25) is 5.91 Å². The van der Waals surface area contributed by atoms with Crippen LogP contribution in [0.2, 0.25) is 0 Å². The number of carbonyl (C=O) groups excluding carboxylic acids is 1. The Labute approximate surface area is 173 Å². The summed E-state index contributed by atoms with van der Waals surface area (Å²) in [6.45, 7) is 0.481. The van der Waals surface area contributed by atoms with Gasteiger partial charge in [-0.2, -0.15) is 0 Å². The van der Waals surface area contributed by atoms with Gasteiger partial charge in [-0.1, -0.05) is 6.07 Å². The maximum Gasteiger partial charge on any atom is 0.273 e. The third-order valence-corrected chi connectivity index (χ3v) is 4.41. The molecule has 3 rings (SSSR count). The molecule has 156 valence electrons. The summed E-state index contributed by atoms with van der Waals surface area (Å²) in [4.78, 5) is 31.3. The van der Waals surface area contributed by atoms with E-state index >= 15 is 0 Å². The van der Waals surface area contributed by atoms with Gasteiger partial charge in [-0.15, -0.1) is 10.2 Å². The van der Waals surface area contributed by atoms with Crippen molar-refractivity contribution < 1.29 is 14.3 Å². The molecule has 0 fully saturated rings. The van der Waals surface area contributed by atoms with Gasteiger partial charge in [0.1, 0.15) is 17.2 Å². The predicted octanol–water partition coefficient (Wildman–Crippen LogP) is 1.54. The SMILES string of the molecule is COc1cc(OC)cc(-c2nnc(CCC(=O)NCCc3ccccn3)c(=O)[nH]2)c1. The molecule has 0 bridgehead atoms. The standard InChI is InChI=1S/C21H23N5O4/c1-29-16-11-14(12-17(13-16)30-2)20-24-21(28)18(25-26-20)6-7-19(27)23-10-8-15-5-3-4-9-22-15/h3-5,9,11-13H,6-8,10H2,1-2H3,(H,23,27)(H,24,26,28). The molecule has 9 heteroatoms. The molecule has 0 aliphatic rings. The van der Waals surface area contributed by atoms with Crippen LogP contribution in [0.3, 0.4) is 0 Å². The van der Waals surface area contributed by atoms with Crippen LogP contribution in [0.15, 0.2) is 47.4 Å². The van der Waals surface area contributed by atoms with E-state index in [2.05, 4.69) is 25.5 Å². The van der Waals surface area contributed by atoms with Crippen LogP contribution in [0.1, 0.15) is 17.8 Å². The van der Waals surface area contributed by atoms with Crippen LogP contribution in [0.5, 0.6) is 11.5 Å². The Balaban J connectivity index is 1.58. The number of hydrogen-bond acceptors (Lipinski definition) is 7. The average Bonchev–Trinajstić information content (AvgIpc) is 2.78. The van der Waals surface area contributed by atoms with E-state index < -0.39 is 0 Å². The van der Waals surface area contributed by atoms with Gasteiger partial charge in [0.15, 0.2) is 5.82 Å². The summed E-state index contributed by atoms with van der Waals surface area (Å²) in [6, 6.07) is 10.8. The largest absolute Gasteiger partial charge is 0.497 e. The fourth-order valence-electron chi connectivity index (χ4n) is 2.79. The minimum absolute atomic E-state index is 0.145. The highest BCUT2D eigenvalue weighted by atomic mass is 16.5. The first kappa shape index (κ1) is 21.0. The summed E-state index contributed by atoms with van der Waals surface area (Å²) >= 11 is 0. The molecular formula is C21H23N5O4. The summed E-state index contributed by atoms with van der Waals surface area (Å²) in [5.41, 5.74) is 1.33. The van der Waals surface area contributed by atoms with Gasteiger partial charge in [0, 0.05) is 49.3 Å². The molecule has 0 aliphatic heterocycles. The molecule has 0 unspecified atom stereocenters. The van der Waals surface area contributed by atoms with Crippen molar-refractivity contribution in [3.05, 3.63) is 64.3 Å². The van der Waals surface area contributed by atoms with Crippen molar-refractivity contribution in [1.82, 2.24) is 25.5 Å². The highest BCUT2D eigenvalue weighted by Crippen LogP contribution is 2.27. The summed E-state index contributed by atoms with van der Waals surface area (Å²) in [7, 11) is 3.08. The Morgan fingerprint density at radius 1 is 1.07 bits per heavy atom. The first-order valence-electron chi connectivity index (χ1n) is 9.45. The molecule has 1 amide bonds. The summed E-state index contributed by atoms with van der Waals surface area (Å²) < 4.78 is 10.5. The minimum atomic E-state index is -0.386. The number of rotatable bonds is 9. The molecule has 2 aromatic heterocycles. The van der Waals surface area contributed by atoms with Crippen molar-refractivity contribution in [3.63, 3.8) is 0 Å². The van der Waals surface area contributed by atoms with Gasteiger partial charge in [0.25, 0.3) is 5.56 Å². The zero-order chi connectivity index (χ0) is 21.3. The second-order valence-corrected chi connectivity index (χ2v) is 6.47. The van der Waals surface area contributed by atoms with Crippen LogP contribution in [-0.4, -0.2) is 46.8 Å². The number of pyridine rings is 1. The molecule has 3 aromatic rings. The van der Waals surface area contributed by atoms with Crippen LogP contribution < -0.4 is 20.3 Å². The molecule has 0 aliphatic carbocycles. The zero-order valence-electron chi connectivity index (χ0n) is 16.8. The molecule has 0 radical (unpaired) electrons. The molecule has 0 atom stereocenters. The quantitative estimate of drug-likeness (QED) is 0.550. The number of H-pyrrole nitrogens is 1. The van der Waals surface area contributed by atoms with Gasteiger partial charge in [-0.05, 0) is 24.3 Å². The molecule has 9 nitrogen and oxygen atoms in total. The van der Waals surface area contributed by atoms with Crippen LogP contribution in [-0.2, 0) is 17.6 Å². The first-order valence-corrected chi connectivity index (χ1v) is 9.45. The van der Waals surface area contributed by atoms with Crippen LogP contribution in [0.25, 0.3) is 11.4 Å². The number of nitrogens with zero attached hydrogens (tertiary/aromatic N) is 3. The molecule has 2 heterocycles. The number of aromatic nitrogens is 4. The molecule has 30 heavy (non-hydrogen) atoms. The maximum absolute atomic E-state index is 12.4. The second-order valence-electron chi connectivity index (χ2n) is 6.47. The fraction of sp³-hybridized carbons (Fsp3) is 0.286. The minimum Gasteiger partial charge on any atom is -0.497 e. The lowest BCUT2D eigenvalue weighted by molar-refractivity contribution is -0.121. The monoisotopic (exact) mass is 409 g/mol. The lowest BCUT2D eigenvalue weighted by Crippen LogP contribution is -2.27. The molecular weight excluding hydrogens is 386 g/mol. The number of benzene rings is 1. The van der Waals surface area contributed by atoms with Crippen molar-refractivity contribution in [2.24, 2.45) is 0 Å². The highest BCUT2D eigenvalue weighted by Gasteiger charge is 2.11. The van der Waals surface area contributed by atoms with E-state index in [9.17, 15) is 9.59 Å². The molecule has 0 saturated heterocycles. The molecule has 1 aromatic carbocycles. The third kappa shape index (κ3) is 5.63. The van der Waals surface area contributed by atoms with Gasteiger partial charge in [-0.3, -0.25) is 14.6 Å². The number of carbonyl (C=O) groups is 1. The lowest BCUT2D eigenvalue weighted by Gasteiger charge is -2.08. The van der Waals surface area contributed by atoms with Crippen LogP contribution in [0.4, 0.5) is 0 Å². The molecule has 2 N–H and O–H groups in total. The summed E-state index contributed by atoms with van der Waals surface area (Å²) in [5, 5.41) is 10.9. The Bertz CT molecular complexity index is 1030. The Hall–Kier alpha value is -3.75. The lowest BCUT2D eigenvalue weighted by atomic mass is 10.2. The smallest absolute Gasteiger partial charge is 0.273 e. The van der Waals surface area contributed by atoms with Crippen molar-refractivity contribution in [2.75, 3.05) is 20.8 Å². The van der Waals surface area contributed by atoms with E-state index in [0.717, 1.165) is 5.69 Å². The van der Waals surface area contributed by atoms with Gasteiger partial charge < -0.3 is 19.8 Å². The predicted molar refractivity (Wildman–Crippen MR) is 110 cm³/mol. The Morgan fingerprint density at radius 3 is 2.47 bits per heavy atom. The number of hydrogen-bond donors (Lipinski definition) is 2. The van der Waals surface area contributed by atoms with Gasteiger partial charge >= 0.3 is 0 Å². The Morgan fingerprint density at radius 2 is 1.83 bits per heavy atom. The van der Waals surface area contributed by atoms with Gasteiger partial charge in [0.05, 0.1) is 14.2 Å². The Kier molecular flexibility index (Phi) is 7.09. The number of aryl methyl sites for hydroxylation is 1. The van der Waals surface area contributed by atoms with E-state index in [1.54, 1.807) is 24.4 Å². The van der Waals surface area contributed by atoms with Gasteiger partial charge in [-0.25, -0.2) is 0 Å².